The largest absolute Gasteiger partial charge is 0.506 e. The lowest BCUT2D eigenvalue weighted by molar-refractivity contribution is 0.321. The van der Waals surface area contributed by atoms with Crippen LogP contribution in [0.5, 0.6) is 11.5 Å². The Balaban J connectivity index is 0.000000282. The van der Waals surface area contributed by atoms with Gasteiger partial charge < -0.3 is 19.9 Å². The second kappa shape index (κ2) is 28.4. The minimum Gasteiger partial charge on any atom is -0.506 e. The number of oxime groups is 1. The summed E-state index contributed by atoms with van der Waals surface area (Å²) in [7, 11) is 37.9. The highest BCUT2D eigenvalue weighted by Crippen LogP contribution is 2.43. The van der Waals surface area contributed by atoms with E-state index in [-0.39, 0.29) is 46.6 Å². The normalized spacial score (nSPS) is 10.9. The molecule has 0 spiro atoms. The van der Waals surface area contributed by atoms with Crippen molar-refractivity contribution in [3.05, 3.63) is 164 Å². The third-order valence-corrected chi connectivity index (χ3v) is 12.6. The van der Waals surface area contributed by atoms with Gasteiger partial charge in [-0.1, -0.05) is 190 Å². The zero-order valence-corrected chi connectivity index (χ0v) is 44.7. The molecular weight excluding hydrogens is 1020 g/mol. The standard InChI is InChI=1S/C24H20Cl2N2O2.C17H17NO.C7H4Cl3NO.CH4.B12/c1-24(2,3)15-12-16(14-8-5-4-6-9-14)21(29)17(13-15)23-27-22(28-30-23)20-18(25)10-7-11-19(20)26;1-17(2,3)14-9-13(11-18)16(19)15(10-14)12-7-5-4-6-8-12;8-4-2-1-3-5(9)6(4)7(10)11-12;;1-8(2)11(7)12(9(3)4)10(5)6/h4-13,29H,1-3H3;4-10,19H,1-3H3;1-3,12H;1H4;/b;;11-7-;;. The molecule has 74 heavy (non-hydrogen) atoms. The van der Waals surface area contributed by atoms with Gasteiger partial charge >= 0.3 is 0 Å². The molecule has 0 unspecified atom stereocenters. The fraction of sp³-hybridized carbons (Fsp3) is 0.184. The maximum atomic E-state index is 11.1. The Morgan fingerprint density at radius 1 is 0.608 bits per heavy atom. The maximum Gasteiger partial charge on any atom is 0.262 e. The van der Waals surface area contributed by atoms with Crippen molar-refractivity contribution in [2.45, 2.75) is 59.8 Å². The zero-order valence-electron chi connectivity index (χ0n) is 40.9. The lowest BCUT2D eigenvalue weighted by Crippen LogP contribution is -2.67. The SMILES string of the molecule is C.CC(C)(C)c1cc(-c2ccccc2)c(O)c(-c2nc(-c3c(Cl)cccc3Cl)no2)c1.CC(C)(C)c1cc(C#N)c(O)c(-c2ccccc2)c1.O/N=C(\Cl)c1c(Cl)cccc1Cl.[B]B([B])B([B])B(B([B])[B])B([B])[B]. The van der Waals surface area contributed by atoms with Gasteiger partial charge in [-0.2, -0.15) is 10.2 Å². The molecule has 0 amide bonds. The quantitative estimate of drug-likeness (QED) is 0.0567. The van der Waals surface area contributed by atoms with E-state index in [0.717, 1.165) is 22.3 Å². The van der Waals surface area contributed by atoms with Crippen LogP contribution in [0.2, 0.25) is 20.1 Å². The summed E-state index contributed by atoms with van der Waals surface area (Å²) in [5.74, 6) is 0.598. The minimum atomic E-state index is -0.723. The van der Waals surface area contributed by atoms with E-state index in [1.54, 1.807) is 42.5 Å². The molecule has 8 nitrogen and oxygen atoms in total. The molecule has 0 bridgehead atoms. The van der Waals surface area contributed by atoms with Crippen LogP contribution in [0.4, 0.5) is 0 Å². The highest BCUT2D eigenvalue weighted by atomic mass is 35.5. The second-order valence-corrected chi connectivity index (χ2v) is 20.6. The van der Waals surface area contributed by atoms with Gasteiger partial charge in [0.15, 0.2) is 5.17 Å². The number of rotatable bonds is 9. The number of phenolic OH excluding ortho intramolecular Hbond substituents is 2. The molecular formula is C49H45B12Cl5N4O4. The number of benzene rings is 6. The molecule has 7 aromatic rings. The van der Waals surface area contributed by atoms with Crippen molar-refractivity contribution in [3.63, 3.8) is 0 Å². The fourth-order valence-electron chi connectivity index (χ4n) is 6.98. The van der Waals surface area contributed by atoms with Gasteiger partial charge in [0.25, 0.3) is 5.89 Å². The van der Waals surface area contributed by atoms with Crippen LogP contribution >= 0.6 is 58.0 Å². The summed E-state index contributed by atoms with van der Waals surface area (Å²) in [6, 6.07) is 39.1. The van der Waals surface area contributed by atoms with E-state index >= 15 is 0 Å². The van der Waals surface area contributed by atoms with Crippen molar-refractivity contribution in [2.75, 3.05) is 0 Å². The fourth-order valence-corrected chi connectivity index (χ4v) is 8.42. The highest BCUT2D eigenvalue weighted by molar-refractivity contribution is 8.05. The van der Waals surface area contributed by atoms with Gasteiger partial charge in [-0.25, -0.2) is 0 Å². The van der Waals surface area contributed by atoms with E-state index in [9.17, 15) is 10.2 Å². The minimum absolute atomic E-state index is 0. The third-order valence-electron chi connectivity index (χ3n) is 11.1. The van der Waals surface area contributed by atoms with Gasteiger partial charge in [0.05, 0.1) is 42.3 Å². The molecule has 7 rings (SSSR count). The molecule has 14 radical (unpaired) electrons. The summed E-state index contributed by atoms with van der Waals surface area (Å²) in [6.45, 7) is 12.6. The van der Waals surface area contributed by atoms with Crippen LogP contribution in [0.1, 0.15) is 71.2 Å². The molecule has 3 N–H and O–H groups in total. The van der Waals surface area contributed by atoms with Gasteiger partial charge in [-0.15, -0.1) is 0 Å². The van der Waals surface area contributed by atoms with Crippen LogP contribution in [-0.4, -0.2) is 117 Å². The zero-order chi connectivity index (χ0) is 54.5. The van der Waals surface area contributed by atoms with E-state index in [1.807, 2.05) is 78.9 Å². The monoisotopic (exact) mass is 1060 g/mol. The lowest BCUT2D eigenvalue weighted by atomic mass is 8.53. The van der Waals surface area contributed by atoms with Gasteiger partial charge in [0, 0.05) is 97.2 Å². The van der Waals surface area contributed by atoms with E-state index in [4.69, 9.17) is 127 Å². The topological polar surface area (TPSA) is 136 Å². The Labute approximate surface area is 472 Å². The average Bonchev–Trinajstić information content (AvgIpc) is 3.81. The number of aromatic nitrogens is 2. The first-order chi connectivity index (χ1) is 34.2. The van der Waals surface area contributed by atoms with Crippen molar-refractivity contribution in [2.24, 2.45) is 5.16 Å². The van der Waals surface area contributed by atoms with Gasteiger partial charge in [-0.3, -0.25) is 0 Å². The van der Waals surface area contributed by atoms with Crippen LogP contribution in [0.3, 0.4) is 0 Å². The predicted molar refractivity (Wildman–Crippen MR) is 324 cm³/mol. The molecule has 0 aliphatic carbocycles. The van der Waals surface area contributed by atoms with Crippen molar-refractivity contribution in [1.29, 1.82) is 5.26 Å². The second-order valence-electron chi connectivity index (χ2n) is 18.6. The van der Waals surface area contributed by atoms with Crippen LogP contribution < -0.4 is 0 Å². The highest BCUT2D eigenvalue weighted by Gasteiger charge is 2.30. The van der Waals surface area contributed by atoms with Gasteiger partial charge in [0.2, 0.25) is 5.82 Å². The molecule has 0 fully saturated rings. The van der Waals surface area contributed by atoms with Crippen molar-refractivity contribution < 1.29 is 19.9 Å². The number of hydrogen-bond donors (Lipinski definition) is 3. The third kappa shape index (κ3) is 16.9. The van der Waals surface area contributed by atoms with Gasteiger partial charge in [-0.05, 0) is 81.6 Å². The lowest BCUT2D eigenvalue weighted by Gasteiger charge is -2.29. The number of halogens is 5. The van der Waals surface area contributed by atoms with Crippen LogP contribution in [-0.2, 0) is 10.8 Å². The predicted octanol–water partition coefficient (Wildman–Crippen LogP) is 11.0. The average molecular weight is 1060 g/mol. The van der Waals surface area contributed by atoms with E-state index in [1.165, 1.54) is 0 Å². The molecule has 1 heterocycles. The molecule has 1 aromatic heterocycles. The van der Waals surface area contributed by atoms with Crippen LogP contribution in [0.15, 0.2) is 131 Å². The molecule has 0 saturated heterocycles. The Hall–Kier alpha value is -4.75. The summed E-state index contributed by atoms with van der Waals surface area (Å²) in [6.07, 6.45) is -3.22. The van der Waals surface area contributed by atoms with Crippen molar-refractivity contribution in [3.8, 4) is 62.7 Å². The molecule has 25 heteroatoms. The van der Waals surface area contributed by atoms with E-state index < -0.39 is 31.9 Å². The maximum absolute atomic E-state index is 11.1. The summed E-state index contributed by atoms with van der Waals surface area (Å²) in [5.41, 5.74) is 6.70. The molecule has 0 saturated carbocycles. The van der Waals surface area contributed by atoms with Gasteiger partial charge in [0.1, 0.15) is 17.6 Å². The smallest absolute Gasteiger partial charge is 0.262 e. The Bertz CT molecular complexity index is 2980. The summed E-state index contributed by atoms with van der Waals surface area (Å²) in [4.78, 5) is 4.48. The summed E-state index contributed by atoms with van der Waals surface area (Å²) in [5, 5.41) is 47.1. The Morgan fingerprint density at radius 2 is 1.03 bits per heavy atom. The number of phenols is 2. The van der Waals surface area contributed by atoms with Crippen molar-refractivity contribution >= 4 is 149 Å². The van der Waals surface area contributed by atoms with Crippen LogP contribution in [0.25, 0.3) is 45.1 Å². The summed E-state index contributed by atoms with van der Waals surface area (Å²) < 4.78 is 5.52. The molecule has 0 aliphatic rings. The molecule has 6 aromatic carbocycles. The molecule has 0 aliphatic heterocycles. The molecule has 356 valence electrons. The Morgan fingerprint density at radius 3 is 1.42 bits per heavy atom. The summed E-state index contributed by atoms with van der Waals surface area (Å²) >= 11 is 29.6. The number of hydrogen-bond acceptors (Lipinski definition) is 8. The first-order valence-corrected chi connectivity index (χ1v) is 24.3. The van der Waals surface area contributed by atoms with E-state index in [2.05, 4.69) is 62.9 Å². The molecule has 0 atom stereocenters. The number of nitriles is 1. The first-order valence-electron chi connectivity index (χ1n) is 22.4. The van der Waals surface area contributed by atoms with Crippen molar-refractivity contribution in [1.82, 2.24) is 10.1 Å². The number of aromatic hydroxyl groups is 2. The first kappa shape index (κ1) is 63.5. The van der Waals surface area contributed by atoms with E-state index in [0.29, 0.717) is 53.5 Å². The number of nitrogens with zero attached hydrogens (tertiary/aromatic N) is 4. The Kier molecular flexibility index (Phi) is 24.4. The van der Waals surface area contributed by atoms with Crippen LogP contribution in [0, 0.1) is 11.3 Å².